The molecule has 0 amide bonds. The quantitative estimate of drug-likeness (QED) is 0.326. The molecule has 0 unspecified atom stereocenters. The number of nitrogens with zero attached hydrogens (tertiary/aromatic N) is 2. The third kappa shape index (κ3) is 6.87. The summed E-state index contributed by atoms with van der Waals surface area (Å²) >= 11 is 0. The fourth-order valence-corrected chi connectivity index (χ4v) is 3.50. The van der Waals surface area contributed by atoms with E-state index < -0.39 is 11.6 Å². The lowest BCUT2D eigenvalue weighted by molar-refractivity contribution is 0.573. The van der Waals surface area contributed by atoms with E-state index in [1.54, 1.807) is 13.1 Å². The molecule has 1 fully saturated rings. The van der Waals surface area contributed by atoms with E-state index in [1.807, 2.05) is 13.1 Å². The number of aromatic nitrogens is 2. The molecule has 174 valence electrons. The van der Waals surface area contributed by atoms with Crippen LogP contribution in [0.2, 0.25) is 0 Å². The fraction of sp³-hybridized carbons (Fsp3) is 0.462. The fourth-order valence-electron chi connectivity index (χ4n) is 3.50. The molecule has 0 radical (unpaired) electrons. The lowest BCUT2D eigenvalue weighted by Gasteiger charge is -2.09. The highest BCUT2D eigenvalue weighted by Gasteiger charge is 2.25. The minimum Gasteiger partial charge on any atom is -0.404 e. The van der Waals surface area contributed by atoms with Gasteiger partial charge >= 0.3 is 0 Å². The smallest absolute Gasteiger partial charge is 0.133 e. The maximum atomic E-state index is 13.4. The molecule has 0 atom stereocenters. The normalized spacial score (nSPS) is 14.2. The zero-order valence-corrected chi connectivity index (χ0v) is 19.8. The van der Waals surface area contributed by atoms with Gasteiger partial charge in [0, 0.05) is 29.6 Å². The zero-order chi connectivity index (χ0) is 23.7. The van der Waals surface area contributed by atoms with Gasteiger partial charge in [-0.1, -0.05) is 33.3 Å². The van der Waals surface area contributed by atoms with Gasteiger partial charge in [-0.05, 0) is 74.3 Å². The van der Waals surface area contributed by atoms with Crippen LogP contribution in [0.5, 0.6) is 0 Å². The number of hydrogen-bond acceptors (Lipinski definition) is 3. The van der Waals surface area contributed by atoms with Crippen molar-refractivity contribution in [3.8, 4) is 0 Å². The minimum atomic E-state index is -0.487. The van der Waals surface area contributed by atoms with Crippen LogP contribution in [-0.2, 0) is 0 Å². The summed E-state index contributed by atoms with van der Waals surface area (Å²) in [4.78, 5) is 4.69. The molecule has 6 heteroatoms. The van der Waals surface area contributed by atoms with Crippen LogP contribution in [-0.4, -0.2) is 22.5 Å². The number of nitrogens with two attached hydrogens (primary N) is 1. The second-order valence-electron chi connectivity index (χ2n) is 8.35. The lowest BCUT2D eigenvalue weighted by Crippen LogP contribution is -2.07. The minimum absolute atomic E-state index is 0.0226. The molecule has 32 heavy (non-hydrogen) atoms. The standard InChI is InChI=1S/C14H24N4.C12H12F2/c1-4-6-8-16-13(7-5-2)12(9-15)14-11(3)10-17-18-14;1-7(2)12-10(13)5-9(6-11(12)14)8-3-4-8/h9-10H,4-8,15H2,1-3H3,(H,17,18);5-6,8H,1,3-4H2,2H3/b12-9+,16-13?;. The van der Waals surface area contributed by atoms with Crippen LogP contribution in [0, 0.1) is 18.6 Å². The number of halogens is 2. The number of nitrogens with one attached hydrogen (secondary N) is 1. The molecule has 0 saturated heterocycles. The van der Waals surface area contributed by atoms with E-state index in [-0.39, 0.29) is 5.56 Å². The molecule has 2 aromatic rings. The van der Waals surface area contributed by atoms with E-state index in [0.29, 0.717) is 11.5 Å². The predicted octanol–water partition coefficient (Wildman–Crippen LogP) is 6.93. The highest BCUT2D eigenvalue weighted by atomic mass is 19.1. The summed E-state index contributed by atoms with van der Waals surface area (Å²) in [7, 11) is 0. The summed E-state index contributed by atoms with van der Waals surface area (Å²) in [6.07, 6.45) is 9.84. The number of aromatic amines is 1. The molecular weight excluding hydrogens is 406 g/mol. The Morgan fingerprint density at radius 3 is 2.34 bits per heavy atom. The van der Waals surface area contributed by atoms with E-state index in [0.717, 1.165) is 73.2 Å². The van der Waals surface area contributed by atoms with Gasteiger partial charge in [0.2, 0.25) is 0 Å². The van der Waals surface area contributed by atoms with E-state index in [2.05, 4.69) is 30.6 Å². The van der Waals surface area contributed by atoms with Gasteiger partial charge in [-0.3, -0.25) is 10.1 Å². The largest absolute Gasteiger partial charge is 0.404 e. The number of allylic oxidation sites excluding steroid dienone is 2. The van der Waals surface area contributed by atoms with Gasteiger partial charge in [-0.15, -0.1) is 0 Å². The molecule has 1 aliphatic rings. The first-order valence-electron chi connectivity index (χ1n) is 11.4. The predicted molar refractivity (Wildman–Crippen MR) is 131 cm³/mol. The second kappa shape index (κ2) is 12.3. The van der Waals surface area contributed by atoms with Crippen LogP contribution in [0.1, 0.15) is 87.6 Å². The van der Waals surface area contributed by atoms with Gasteiger partial charge in [0.1, 0.15) is 11.6 Å². The van der Waals surface area contributed by atoms with Crippen molar-refractivity contribution in [1.82, 2.24) is 10.2 Å². The van der Waals surface area contributed by atoms with Gasteiger partial charge in [0.15, 0.2) is 0 Å². The molecule has 0 bridgehead atoms. The van der Waals surface area contributed by atoms with Crippen LogP contribution >= 0.6 is 0 Å². The Hall–Kier alpha value is -2.76. The molecule has 1 aliphatic carbocycles. The first-order chi connectivity index (χ1) is 15.3. The molecule has 1 aromatic heterocycles. The van der Waals surface area contributed by atoms with Crippen LogP contribution in [0.4, 0.5) is 8.78 Å². The Morgan fingerprint density at radius 2 is 1.91 bits per heavy atom. The summed E-state index contributed by atoms with van der Waals surface area (Å²) in [5.41, 5.74) is 11.2. The van der Waals surface area contributed by atoms with E-state index >= 15 is 0 Å². The molecule has 0 aliphatic heterocycles. The SMILES string of the molecule is C=C(C)c1c(F)cc(C2CC2)cc1F.CCCCN=C(CCC)/C(=C\N)c1[nH]ncc1C. The molecule has 1 saturated carbocycles. The van der Waals surface area contributed by atoms with Gasteiger partial charge in [-0.2, -0.15) is 5.10 Å². The van der Waals surface area contributed by atoms with E-state index in [1.165, 1.54) is 12.1 Å². The summed E-state index contributed by atoms with van der Waals surface area (Å²) < 4.78 is 26.9. The number of benzene rings is 1. The van der Waals surface area contributed by atoms with Crippen LogP contribution < -0.4 is 5.73 Å². The number of aliphatic imine (C=N–C) groups is 1. The summed E-state index contributed by atoms with van der Waals surface area (Å²) in [5, 5.41) is 7.06. The van der Waals surface area contributed by atoms with Crippen molar-refractivity contribution >= 4 is 16.9 Å². The van der Waals surface area contributed by atoms with Crippen molar-refractivity contribution < 1.29 is 8.78 Å². The highest BCUT2D eigenvalue weighted by Crippen LogP contribution is 2.41. The van der Waals surface area contributed by atoms with E-state index in [9.17, 15) is 8.78 Å². The Bertz CT molecular complexity index is 945. The maximum Gasteiger partial charge on any atom is 0.133 e. The zero-order valence-electron chi connectivity index (χ0n) is 19.8. The van der Waals surface area contributed by atoms with Crippen LogP contribution in [0.25, 0.3) is 11.1 Å². The number of aryl methyl sites for hydroxylation is 1. The third-order valence-corrected chi connectivity index (χ3v) is 5.42. The number of unbranched alkanes of at least 4 members (excludes halogenated alkanes) is 1. The topological polar surface area (TPSA) is 67.1 Å². The van der Waals surface area contributed by atoms with Crippen molar-refractivity contribution in [2.45, 2.75) is 72.1 Å². The van der Waals surface area contributed by atoms with E-state index in [4.69, 9.17) is 10.7 Å². The third-order valence-electron chi connectivity index (χ3n) is 5.42. The van der Waals surface area contributed by atoms with Crippen molar-refractivity contribution in [2.24, 2.45) is 10.7 Å². The Balaban J connectivity index is 0.000000233. The summed E-state index contributed by atoms with van der Waals surface area (Å²) in [5.74, 6) is -0.600. The molecule has 4 nitrogen and oxygen atoms in total. The van der Waals surface area contributed by atoms with Crippen LogP contribution in [0.15, 0.2) is 36.1 Å². The van der Waals surface area contributed by atoms with Gasteiger partial charge < -0.3 is 5.73 Å². The second-order valence-corrected chi connectivity index (χ2v) is 8.35. The maximum absolute atomic E-state index is 13.4. The molecule has 0 spiro atoms. The molecular formula is C26H36F2N4. The van der Waals surface area contributed by atoms with Crippen molar-refractivity contribution in [1.29, 1.82) is 0 Å². The Labute approximate surface area is 190 Å². The van der Waals surface area contributed by atoms with Gasteiger partial charge in [0.25, 0.3) is 0 Å². The summed E-state index contributed by atoms with van der Waals surface area (Å²) in [6, 6.07) is 2.87. The summed E-state index contributed by atoms with van der Waals surface area (Å²) in [6.45, 7) is 12.4. The van der Waals surface area contributed by atoms with Crippen LogP contribution in [0.3, 0.4) is 0 Å². The highest BCUT2D eigenvalue weighted by molar-refractivity contribution is 6.23. The first kappa shape index (κ1) is 25.5. The molecule has 1 aromatic carbocycles. The van der Waals surface area contributed by atoms with Crippen molar-refractivity contribution in [3.63, 3.8) is 0 Å². The molecule has 1 heterocycles. The van der Waals surface area contributed by atoms with Gasteiger partial charge in [-0.25, -0.2) is 8.78 Å². The molecule has 3 rings (SSSR count). The average molecular weight is 443 g/mol. The number of rotatable bonds is 9. The molecule has 3 N–H and O–H groups in total. The first-order valence-corrected chi connectivity index (χ1v) is 11.4. The van der Waals surface area contributed by atoms with Crippen molar-refractivity contribution in [3.05, 3.63) is 65.1 Å². The van der Waals surface area contributed by atoms with Gasteiger partial charge in [0.05, 0.1) is 11.9 Å². The number of hydrogen-bond donors (Lipinski definition) is 2. The number of H-pyrrole nitrogens is 1. The van der Waals surface area contributed by atoms with Crippen molar-refractivity contribution in [2.75, 3.05) is 6.54 Å². The Morgan fingerprint density at radius 1 is 1.25 bits per heavy atom. The average Bonchev–Trinajstić information content (AvgIpc) is 3.51. The monoisotopic (exact) mass is 442 g/mol. The lowest BCUT2D eigenvalue weighted by atomic mass is 10.0. The Kier molecular flexibility index (Phi) is 9.82.